The minimum Gasteiger partial charge on any atom is -0.103 e. The lowest BCUT2D eigenvalue weighted by molar-refractivity contribution is 1.41. The van der Waals surface area contributed by atoms with Crippen molar-refractivity contribution in [1.29, 1.82) is 0 Å². The molecule has 0 aliphatic rings. The van der Waals surface area contributed by atoms with Crippen LogP contribution < -0.4 is 0 Å². The van der Waals surface area contributed by atoms with Crippen LogP contribution in [0.15, 0.2) is 12.7 Å². The van der Waals surface area contributed by atoms with Crippen molar-refractivity contribution < 1.29 is 0 Å². The van der Waals surface area contributed by atoms with E-state index in [2.05, 4.69) is 6.58 Å². The molecule has 0 rings (SSSR count). The molecule has 0 heterocycles. The van der Waals surface area contributed by atoms with Crippen LogP contribution in [0.4, 0.5) is 0 Å². The highest BCUT2D eigenvalue weighted by Crippen LogP contribution is 1.53. The van der Waals surface area contributed by atoms with Crippen LogP contribution in [0.5, 0.6) is 0 Å². The molecule has 0 atom stereocenters. The number of hydrogen-bond donors (Lipinski definition) is 0. The summed E-state index contributed by atoms with van der Waals surface area (Å²) in [6.45, 7) is 9.25. The smallest absolute Gasteiger partial charge is 0.0448 e. The normalized spacial score (nSPS) is 5.17. The van der Waals surface area contributed by atoms with Gasteiger partial charge in [0.05, 0.1) is 0 Å². The van der Waals surface area contributed by atoms with E-state index in [1.807, 2.05) is 27.2 Å². The zero-order valence-corrected chi connectivity index (χ0v) is 4.86. The SMILES string of the molecule is C=CC.C[CH]C. The maximum absolute atomic E-state index is 3.36. The molecule has 6 heavy (non-hydrogen) atoms. The van der Waals surface area contributed by atoms with Crippen LogP contribution in [0, 0.1) is 6.42 Å². The minimum atomic E-state index is 1.75. The first-order chi connectivity index (χ1) is 2.83. The third-order valence-corrected chi connectivity index (χ3v) is 0. The van der Waals surface area contributed by atoms with Gasteiger partial charge >= 0.3 is 0 Å². The molecule has 0 N–H and O–H groups in total. The molecule has 0 fully saturated rings. The van der Waals surface area contributed by atoms with Crippen molar-refractivity contribution in [2.75, 3.05) is 0 Å². The number of allylic oxidation sites excluding steroid dienone is 1. The third kappa shape index (κ3) is 415. The van der Waals surface area contributed by atoms with E-state index in [1.54, 1.807) is 6.08 Å². The van der Waals surface area contributed by atoms with Crippen molar-refractivity contribution >= 4 is 0 Å². The van der Waals surface area contributed by atoms with Gasteiger partial charge in [-0.25, -0.2) is 0 Å². The van der Waals surface area contributed by atoms with E-state index in [0.717, 1.165) is 0 Å². The van der Waals surface area contributed by atoms with Crippen LogP contribution in [-0.4, -0.2) is 0 Å². The summed E-state index contributed by atoms with van der Waals surface area (Å²) in [7, 11) is 0. The van der Waals surface area contributed by atoms with Gasteiger partial charge in [-0.15, -0.1) is 6.58 Å². The molecule has 0 spiro atoms. The van der Waals surface area contributed by atoms with Gasteiger partial charge in [-0.2, -0.15) is 0 Å². The average Bonchev–Trinajstić information content (AvgIpc) is 1.39. The second kappa shape index (κ2) is 21.9. The molecular weight excluding hydrogens is 72.1 g/mol. The molecule has 0 aromatic rings. The van der Waals surface area contributed by atoms with Crippen LogP contribution >= 0.6 is 0 Å². The molecule has 0 saturated heterocycles. The van der Waals surface area contributed by atoms with E-state index in [9.17, 15) is 0 Å². The van der Waals surface area contributed by atoms with Gasteiger partial charge in [0.15, 0.2) is 0 Å². The summed E-state index contributed by atoms with van der Waals surface area (Å²) in [5.74, 6) is 0. The molecule has 0 heteroatoms. The van der Waals surface area contributed by atoms with E-state index in [-0.39, 0.29) is 0 Å². The average molecular weight is 85.2 g/mol. The Kier molecular flexibility index (Phi) is 33.7. The molecule has 1 radical (unpaired) electrons. The maximum atomic E-state index is 3.36. The molecule has 0 aliphatic carbocycles. The van der Waals surface area contributed by atoms with Crippen molar-refractivity contribution in [1.82, 2.24) is 0 Å². The number of rotatable bonds is 0. The highest BCUT2D eigenvalue weighted by molar-refractivity contribution is 4.51. The Balaban J connectivity index is 0. The van der Waals surface area contributed by atoms with Crippen LogP contribution in [0.25, 0.3) is 0 Å². The fourth-order valence-electron chi connectivity index (χ4n) is 0. The Morgan fingerprint density at radius 1 is 1.17 bits per heavy atom. The monoisotopic (exact) mass is 85.1 g/mol. The standard InChI is InChI=1S/C3H7.C3H6/c2*1-3-2/h3H,1-2H3;3H,1H2,2H3. The molecular formula is C6H13. The topological polar surface area (TPSA) is 0 Å². The van der Waals surface area contributed by atoms with Gasteiger partial charge in [0.1, 0.15) is 0 Å². The summed E-state index contributed by atoms with van der Waals surface area (Å²) in [6, 6.07) is 0. The van der Waals surface area contributed by atoms with Crippen LogP contribution in [0.1, 0.15) is 20.8 Å². The van der Waals surface area contributed by atoms with E-state index < -0.39 is 0 Å². The summed E-state index contributed by atoms with van der Waals surface area (Å²) < 4.78 is 0. The maximum Gasteiger partial charge on any atom is -0.0448 e. The third-order valence-electron chi connectivity index (χ3n) is 0. The summed E-state index contributed by atoms with van der Waals surface area (Å²) in [5, 5.41) is 0. The van der Waals surface area contributed by atoms with Crippen LogP contribution in [0.3, 0.4) is 0 Å². The lowest BCUT2D eigenvalue weighted by atomic mass is 10.6. The molecule has 0 aromatic carbocycles. The number of hydrogen-bond acceptors (Lipinski definition) is 0. The van der Waals surface area contributed by atoms with Gasteiger partial charge in [-0.05, 0) is 13.3 Å². The summed E-state index contributed by atoms with van der Waals surface area (Å²) in [4.78, 5) is 0. The first-order valence-corrected chi connectivity index (χ1v) is 2.14. The van der Waals surface area contributed by atoms with E-state index in [0.29, 0.717) is 0 Å². The molecule has 0 nitrogen and oxygen atoms in total. The van der Waals surface area contributed by atoms with Gasteiger partial charge < -0.3 is 0 Å². The van der Waals surface area contributed by atoms with E-state index in [4.69, 9.17) is 0 Å². The first-order valence-electron chi connectivity index (χ1n) is 2.14. The highest BCUT2D eigenvalue weighted by atomic mass is 13.4. The second-order valence-electron chi connectivity index (χ2n) is 0.986. The van der Waals surface area contributed by atoms with E-state index >= 15 is 0 Å². The Morgan fingerprint density at radius 2 is 1.17 bits per heavy atom. The Hall–Kier alpha value is -0.260. The fraction of sp³-hybridized carbons (Fsp3) is 0.500. The molecule has 0 amide bonds. The zero-order chi connectivity index (χ0) is 5.41. The van der Waals surface area contributed by atoms with Crippen molar-refractivity contribution in [2.24, 2.45) is 0 Å². The molecule has 0 bridgehead atoms. The molecule has 0 aliphatic heterocycles. The molecule has 37 valence electrons. The Morgan fingerprint density at radius 3 is 1.17 bits per heavy atom. The van der Waals surface area contributed by atoms with Crippen molar-refractivity contribution in [3.63, 3.8) is 0 Å². The van der Waals surface area contributed by atoms with Gasteiger partial charge in [0, 0.05) is 0 Å². The Labute approximate surface area is 40.9 Å². The quantitative estimate of drug-likeness (QED) is 0.396. The van der Waals surface area contributed by atoms with Crippen molar-refractivity contribution in [2.45, 2.75) is 20.8 Å². The van der Waals surface area contributed by atoms with Crippen LogP contribution in [0.2, 0.25) is 0 Å². The summed E-state index contributed by atoms with van der Waals surface area (Å²) in [6.07, 6.45) is 3.75. The first kappa shape index (κ1) is 9.22. The van der Waals surface area contributed by atoms with Gasteiger partial charge in [0.2, 0.25) is 0 Å². The Bertz CT molecular complexity index is 14.0. The zero-order valence-electron chi connectivity index (χ0n) is 4.86. The van der Waals surface area contributed by atoms with Crippen molar-refractivity contribution in [3.05, 3.63) is 19.1 Å². The minimum absolute atomic E-state index is 1.75. The van der Waals surface area contributed by atoms with Gasteiger partial charge in [0.25, 0.3) is 0 Å². The summed E-state index contributed by atoms with van der Waals surface area (Å²) >= 11 is 0. The lowest BCUT2D eigenvalue weighted by Gasteiger charge is -1.47. The molecule has 0 unspecified atom stereocenters. The van der Waals surface area contributed by atoms with E-state index in [1.165, 1.54) is 0 Å². The van der Waals surface area contributed by atoms with Crippen molar-refractivity contribution in [3.8, 4) is 0 Å². The van der Waals surface area contributed by atoms with Crippen LogP contribution in [-0.2, 0) is 0 Å². The fourth-order valence-corrected chi connectivity index (χ4v) is 0. The molecule has 0 aromatic heterocycles. The molecule has 0 saturated carbocycles. The predicted molar refractivity (Wildman–Crippen MR) is 31.5 cm³/mol. The largest absolute Gasteiger partial charge is 0.103 e. The highest BCUT2D eigenvalue weighted by Gasteiger charge is 1.36. The van der Waals surface area contributed by atoms with Gasteiger partial charge in [-0.3, -0.25) is 0 Å². The van der Waals surface area contributed by atoms with Gasteiger partial charge in [-0.1, -0.05) is 19.9 Å². The lowest BCUT2D eigenvalue weighted by Crippen LogP contribution is -1.30. The summed E-state index contributed by atoms with van der Waals surface area (Å²) in [5.41, 5.74) is 0. The predicted octanol–water partition coefficient (Wildman–Crippen LogP) is 2.42. The second-order valence-corrected chi connectivity index (χ2v) is 0.986.